The number of allylic oxidation sites excluding steroid dienone is 4. The maximum Gasteiger partial charge on any atom is 0.152 e. The number of ketones is 1. The van der Waals surface area contributed by atoms with E-state index in [0.717, 1.165) is 0 Å². The molecule has 0 atom stereocenters. The lowest BCUT2D eigenvalue weighted by Gasteiger charge is -1.87. The minimum absolute atomic E-state index is 0.0881. The highest BCUT2D eigenvalue weighted by atomic mass is 32.2. The maximum atomic E-state index is 10.4. The van der Waals surface area contributed by atoms with Crippen LogP contribution >= 0.6 is 11.8 Å². The number of carbonyl (C=O) groups is 1. The van der Waals surface area contributed by atoms with Crippen LogP contribution in [0, 0.1) is 0 Å². The van der Waals surface area contributed by atoms with E-state index in [1.165, 1.54) is 4.91 Å². The summed E-state index contributed by atoms with van der Waals surface area (Å²) in [5, 5.41) is 0. The third-order valence-corrected chi connectivity index (χ3v) is 1.76. The van der Waals surface area contributed by atoms with Gasteiger partial charge in [0.15, 0.2) is 5.78 Å². The molecule has 0 spiro atoms. The van der Waals surface area contributed by atoms with Crippen molar-refractivity contribution in [1.82, 2.24) is 0 Å². The molecular weight excluding hydrogens is 144 g/mol. The molecule has 1 nitrogen and oxygen atoms in total. The zero-order chi connectivity index (χ0) is 7.98. The van der Waals surface area contributed by atoms with Gasteiger partial charge in [-0.3, -0.25) is 4.79 Å². The quantitative estimate of drug-likeness (QED) is 0.461. The topological polar surface area (TPSA) is 17.1 Å². The van der Waals surface area contributed by atoms with Gasteiger partial charge in [0.2, 0.25) is 0 Å². The number of hydrogen-bond acceptors (Lipinski definition) is 2. The molecule has 0 unspecified atom stereocenters. The van der Waals surface area contributed by atoms with Crippen LogP contribution in [0.4, 0.5) is 0 Å². The fraction of sp³-hybridized carbons (Fsp3) is 0.375. The van der Waals surface area contributed by atoms with Crippen LogP contribution in [0.2, 0.25) is 0 Å². The molecule has 2 heteroatoms. The van der Waals surface area contributed by atoms with Crippen molar-refractivity contribution >= 4 is 17.5 Å². The zero-order valence-corrected chi connectivity index (χ0v) is 7.37. The summed E-state index contributed by atoms with van der Waals surface area (Å²) in [5.74, 6) is 0.0881. The predicted molar refractivity (Wildman–Crippen MR) is 47.1 cm³/mol. The van der Waals surface area contributed by atoms with Gasteiger partial charge in [0.1, 0.15) is 0 Å². The first-order valence-corrected chi connectivity index (χ1v) is 4.29. The van der Waals surface area contributed by atoms with Crippen LogP contribution in [0.3, 0.4) is 0 Å². The zero-order valence-electron chi connectivity index (χ0n) is 6.55. The van der Waals surface area contributed by atoms with Crippen molar-refractivity contribution in [2.24, 2.45) is 0 Å². The molecule has 0 radical (unpaired) electrons. The van der Waals surface area contributed by atoms with Crippen LogP contribution in [-0.2, 0) is 4.79 Å². The second-order valence-corrected chi connectivity index (χ2v) is 3.00. The molecule has 0 saturated heterocycles. The molecule has 0 aromatic heterocycles. The number of thioether (sulfide) groups is 1. The van der Waals surface area contributed by atoms with E-state index >= 15 is 0 Å². The van der Waals surface area contributed by atoms with E-state index in [-0.39, 0.29) is 5.78 Å². The number of rotatable bonds is 3. The van der Waals surface area contributed by atoms with E-state index < -0.39 is 0 Å². The van der Waals surface area contributed by atoms with Gasteiger partial charge in [0.05, 0.1) is 0 Å². The first-order chi connectivity index (χ1) is 4.66. The first-order valence-electron chi connectivity index (χ1n) is 3.06. The standard InChI is InChI=1S/C8H12OS/c1-7(9)5-4-6-8(2)10-3/h4-6H,1-3H3/b5-4+,8-6-. The van der Waals surface area contributed by atoms with Gasteiger partial charge in [-0.05, 0) is 31.1 Å². The number of carbonyl (C=O) groups excluding carboxylic acids is 1. The van der Waals surface area contributed by atoms with Crippen LogP contribution in [0.5, 0.6) is 0 Å². The van der Waals surface area contributed by atoms with Gasteiger partial charge >= 0.3 is 0 Å². The van der Waals surface area contributed by atoms with E-state index in [1.54, 1.807) is 30.8 Å². The third-order valence-electron chi connectivity index (χ3n) is 0.984. The van der Waals surface area contributed by atoms with Crippen molar-refractivity contribution in [2.75, 3.05) is 6.26 Å². The fourth-order valence-corrected chi connectivity index (χ4v) is 0.602. The summed E-state index contributed by atoms with van der Waals surface area (Å²) in [4.78, 5) is 11.6. The van der Waals surface area contributed by atoms with Crippen molar-refractivity contribution in [3.05, 3.63) is 23.1 Å². The number of hydrogen-bond donors (Lipinski definition) is 0. The third kappa shape index (κ3) is 5.63. The Bertz CT molecular complexity index is 168. The molecule has 10 heavy (non-hydrogen) atoms. The fourth-order valence-electron chi connectivity index (χ4n) is 0.387. The summed E-state index contributed by atoms with van der Waals surface area (Å²) < 4.78 is 0. The van der Waals surface area contributed by atoms with Crippen molar-refractivity contribution < 1.29 is 4.79 Å². The Hall–Kier alpha value is -0.500. The van der Waals surface area contributed by atoms with Gasteiger partial charge in [0.25, 0.3) is 0 Å². The molecule has 0 aromatic rings. The average molecular weight is 156 g/mol. The smallest absolute Gasteiger partial charge is 0.152 e. The predicted octanol–water partition coefficient (Wildman–Crippen LogP) is 2.40. The van der Waals surface area contributed by atoms with Crippen molar-refractivity contribution in [3.63, 3.8) is 0 Å². The molecule has 56 valence electrons. The van der Waals surface area contributed by atoms with Gasteiger partial charge in [-0.15, -0.1) is 11.8 Å². The minimum Gasteiger partial charge on any atom is -0.295 e. The molecule has 0 N–H and O–H groups in total. The Morgan fingerprint density at radius 3 is 2.40 bits per heavy atom. The lowest BCUT2D eigenvalue weighted by atomic mass is 10.4. The molecule has 0 heterocycles. The Balaban J connectivity index is 3.82. The molecule has 0 saturated carbocycles. The second kappa shape index (κ2) is 5.30. The van der Waals surface area contributed by atoms with Crippen LogP contribution in [0.25, 0.3) is 0 Å². The highest BCUT2D eigenvalue weighted by molar-refractivity contribution is 8.02. The first kappa shape index (κ1) is 9.50. The summed E-state index contributed by atoms with van der Waals surface area (Å²) in [5.41, 5.74) is 0. The van der Waals surface area contributed by atoms with Crippen molar-refractivity contribution in [1.29, 1.82) is 0 Å². The normalized spacial score (nSPS) is 12.5. The summed E-state index contributed by atoms with van der Waals surface area (Å²) in [6.45, 7) is 3.55. The molecule has 0 rings (SSSR count). The van der Waals surface area contributed by atoms with Crippen LogP contribution < -0.4 is 0 Å². The van der Waals surface area contributed by atoms with Gasteiger partial charge < -0.3 is 0 Å². The average Bonchev–Trinajstić information content (AvgIpc) is 1.87. The van der Waals surface area contributed by atoms with Crippen LogP contribution in [0.15, 0.2) is 23.1 Å². The molecular formula is C8H12OS. The molecule has 0 bridgehead atoms. The van der Waals surface area contributed by atoms with E-state index in [1.807, 2.05) is 19.3 Å². The molecule has 0 aliphatic heterocycles. The summed E-state index contributed by atoms with van der Waals surface area (Å²) in [6, 6.07) is 0. The largest absolute Gasteiger partial charge is 0.295 e. The maximum absolute atomic E-state index is 10.4. The molecule has 0 fully saturated rings. The van der Waals surface area contributed by atoms with Crippen molar-refractivity contribution in [3.8, 4) is 0 Å². The van der Waals surface area contributed by atoms with Gasteiger partial charge in [-0.1, -0.05) is 12.2 Å². The Morgan fingerprint density at radius 1 is 1.40 bits per heavy atom. The van der Waals surface area contributed by atoms with E-state index in [9.17, 15) is 4.79 Å². The summed E-state index contributed by atoms with van der Waals surface area (Å²) in [7, 11) is 0. The lowest BCUT2D eigenvalue weighted by Crippen LogP contribution is -1.77. The van der Waals surface area contributed by atoms with Crippen LogP contribution in [0.1, 0.15) is 13.8 Å². The summed E-state index contributed by atoms with van der Waals surface area (Å²) >= 11 is 1.67. The SMILES string of the molecule is CS/C(C)=C\C=C\C(C)=O. The Labute approximate surface area is 66.2 Å². The minimum atomic E-state index is 0.0881. The highest BCUT2D eigenvalue weighted by Crippen LogP contribution is 2.08. The molecule has 0 amide bonds. The lowest BCUT2D eigenvalue weighted by molar-refractivity contribution is -0.112. The Kier molecular flexibility index (Phi) is 5.03. The van der Waals surface area contributed by atoms with Crippen molar-refractivity contribution in [2.45, 2.75) is 13.8 Å². The second-order valence-electron chi connectivity index (χ2n) is 1.95. The van der Waals surface area contributed by atoms with Crippen LogP contribution in [-0.4, -0.2) is 12.0 Å². The highest BCUT2D eigenvalue weighted by Gasteiger charge is 1.80. The molecule has 0 aromatic carbocycles. The van der Waals surface area contributed by atoms with E-state index in [4.69, 9.17) is 0 Å². The van der Waals surface area contributed by atoms with E-state index in [2.05, 4.69) is 0 Å². The summed E-state index contributed by atoms with van der Waals surface area (Å²) in [6.07, 6.45) is 7.26. The van der Waals surface area contributed by atoms with E-state index in [0.29, 0.717) is 0 Å². The van der Waals surface area contributed by atoms with Gasteiger partial charge in [0, 0.05) is 0 Å². The molecule has 0 aliphatic rings. The Morgan fingerprint density at radius 2 is 2.00 bits per heavy atom. The van der Waals surface area contributed by atoms with Gasteiger partial charge in [-0.25, -0.2) is 0 Å². The molecule has 0 aliphatic carbocycles. The van der Waals surface area contributed by atoms with Gasteiger partial charge in [-0.2, -0.15) is 0 Å². The monoisotopic (exact) mass is 156 g/mol.